The molecule has 0 bridgehead atoms. The largest absolute Gasteiger partial charge is 0.314 e. The molecule has 10 heteroatoms. The number of halogens is 2. The van der Waals surface area contributed by atoms with Crippen LogP contribution in [-0.2, 0) is 16.6 Å². The van der Waals surface area contributed by atoms with Crippen LogP contribution in [0.2, 0.25) is 0 Å². The Morgan fingerprint density at radius 1 is 1.06 bits per heavy atom. The molecule has 0 unspecified atom stereocenters. The van der Waals surface area contributed by atoms with E-state index < -0.39 is 27.6 Å². The number of amides is 1. The van der Waals surface area contributed by atoms with Crippen molar-refractivity contribution >= 4 is 37.5 Å². The number of carbonyl (C=O) groups is 1. The van der Waals surface area contributed by atoms with Gasteiger partial charge in [-0.2, -0.15) is 9.30 Å². The minimum absolute atomic E-state index is 0.140. The number of thiazole rings is 1. The molecular weight excluding hydrogens is 468 g/mol. The van der Waals surface area contributed by atoms with Crippen molar-refractivity contribution in [2.24, 2.45) is 4.99 Å². The van der Waals surface area contributed by atoms with Gasteiger partial charge in [0.1, 0.15) is 5.82 Å². The number of fused-ring (bicyclic) bond motifs is 1. The number of aryl methyl sites for hydroxylation is 1. The molecule has 2 heterocycles. The van der Waals surface area contributed by atoms with E-state index in [1.165, 1.54) is 34.6 Å². The number of carbonyl (C=O) groups excluding carboxylic acids is 1. The second-order valence-corrected chi connectivity index (χ2v) is 11.0. The van der Waals surface area contributed by atoms with Crippen molar-refractivity contribution in [1.29, 1.82) is 0 Å². The number of benzene rings is 2. The average Bonchev–Trinajstić information content (AvgIpc) is 2.95. The lowest BCUT2D eigenvalue weighted by Crippen LogP contribution is -2.31. The van der Waals surface area contributed by atoms with Gasteiger partial charge in [0.05, 0.1) is 15.1 Å². The highest BCUT2D eigenvalue weighted by atomic mass is 32.2. The molecule has 1 amide bonds. The Hall–Kier alpha value is -2.43. The van der Waals surface area contributed by atoms with Crippen LogP contribution >= 0.6 is 11.3 Å². The molecule has 6 nitrogen and oxygen atoms in total. The molecule has 0 radical (unpaired) electrons. The highest BCUT2D eigenvalue weighted by molar-refractivity contribution is 7.89. The van der Waals surface area contributed by atoms with E-state index in [0.717, 1.165) is 43.1 Å². The van der Waals surface area contributed by atoms with E-state index in [0.29, 0.717) is 30.8 Å². The minimum Gasteiger partial charge on any atom is -0.314 e. The van der Waals surface area contributed by atoms with Crippen LogP contribution in [0.1, 0.15) is 49.4 Å². The van der Waals surface area contributed by atoms with Crippen molar-refractivity contribution in [2.75, 3.05) is 13.1 Å². The van der Waals surface area contributed by atoms with Gasteiger partial charge in [0, 0.05) is 31.3 Å². The molecule has 176 valence electrons. The summed E-state index contributed by atoms with van der Waals surface area (Å²) in [5, 5.41) is 0. The second kappa shape index (κ2) is 9.82. The summed E-state index contributed by atoms with van der Waals surface area (Å²) in [6, 6.07) is 7.76. The van der Waals surface area contributed by atoms with E-state index in [2.05, 4.69) is 4.99 Å². The summed E-state index contributed by atoms with van der Waals surface area (Å²) in [6.07, 6.45) is 4.39. The maximum Gasteiger partial charge on any atom is 0.279 e. The number of nitrogens with zero attached hydrogens (tertiary/aromatic N) is 3. The molecular formula is C23H25F2N3O3S2. The fraction of sp³-hybridized carbons (Fsp3) is 0.391. The molecule has 0 aliphatic carbocycles. The van der Waals surface area contributed by atoms with Gasteiger partial charge >= 0.3 is 0 Å². The molecule has 1 aromatic heterocycles. The summed E-state index contributed by atoms with van der Waals surface area (Å²) in [4.78, 5) is 17.4. The average molecular weight is 494 g/mol. The van der Waals surface area contributed by atoms with Crippen LogP contribution < -0.4 is 4.80 Å². The molecule has 0 atom stereocenters. The van der Waals surface area contributed by atoms with Crippen molar-refractivity contribution < 1.29 is 22.0 Å². The molecule has 2 aromatic carbocycles. The third kappa shape index (κ3) is 4.92. The zero-order valence-electron chi connectivity index (χ0n) is 18.3. The van der Waals surface area contributed by atoms with Gasteiger partial charge in [0.15, 0.2) is 10.6 Å². The van der Waals surface area contributed by atoms with Gasteiger partial charge < -0.3 is 4.57 Å². The first kappa shape index (κ1) is 23.7. The van der Waals surface area contributed by atoms with Crippen LogP contribution in [-0.4, -0.2) is 36.3 Å². The standard InChI is InChI=1S/C23H25F2N3O3S2/c1-2-11-28-21-19(25)14-17(24)15-20(21)32-23(28)26-22(29)16-7-9-18(10-8-16)33(30,31)27-12-5-3-4-6-13-27/h7-10,14-15H,2-6,11-13H2,1H3. The normalized spacial score (nSPS) is 16.3. The molecule has 1 fully saturated rings. The van der Waals surface area contributed by atoms with Crippen molar-refractivity contribution in [2.45, 2.75) is 50.5 Å². The Morgan fingerprint density at radius 2 is 1.73 bits per heavy atom. The Morgan fingerprint density at radius 3 is 2.36 bits per heavy atom. The van der Waals surface area contributed by atoms with Crippen LogP contribution in [0.5, 0.6) is 0 Å². The van der Waals surface area contributed by atoms with Crippen molar-refractivity contribution in [3.05, 3.63) is 58.4 Å². The maximum atomic E-state index is 14.4. The first-order chi connectivity index (χ1) is 15.8. The van der Waals surface area contributed by atoms with Crippen molar-refractivity contribution in [1.82, 2.24) is 8.87 Å². The SMILES string of the molecule is CCCn1c(=NC(=O)c2ccc(S(=O)(=O)N3CCCCCC3)cc2)sc2cc(F)cc(F)c21. The Balaban J connectivity index is 1.66. The molecule has 1 saturated heterocycles. The van der Waals surface area contributed by atoms with Gasteiger partial charge in [-0.15, -0.1) is 0 Å². The fourth-order valence-electron chi connectivity index (χ4n) is 4.00. The summed E-state index contributed by atoms with van der Waals surface area (Å²) in [6.45, 7) is 3.33. The molecule has 1 aliphatic rings. The lowest BCUT2D eigenvalue weighted by molar-refractivity contribution is 0.0997. The van der Waals surface area contributed by atoms with E-state index >= 15 is 0 Å². The predicted molar refractivity (Wildman–Crippen MR) is 124 cm³/mol. The zero-order chi connectivity index (χ0) is 23.6. The van der Waals surface area contributed by atoms with Crippen molar-refractivity contribution in [3.8, 4) is 0 Å². The van der Waals surface area contributed by atoms with Crippen LogP contribution in [0.15, 0.2) is 46.3 Å². The van der Waals surface area contributed by atoms with E-state index in [1.807, 2.05) is 6.92 Å². The Kier molecular flexibility index (Phi) is 7.06. The Labute approximate surface area is 195 Å². The van der Waals surface area contributed by atoms with E-state index in [-0.39, 0.29) is 20.8 Å². The highest BCUT2D eigenvalue weighted by Gasteiger charge is 2.25. The highest BCUT2D eigenvalue weighted by Crippen LogP contribution is 2.23. The monoisotopic (exact) mass is 493 g/mol. The number of aromatic nitrogens is 1. The molecule has 0 N–H and O–H groups in total. The lowest BCUT2D eigenvalue weighted by Gasteiger charge is -2.19. The van der Waals surface area contributed by atoms with Crippen LogP contribution in [0.25, 0.3) is 10.2 Å². The van der Waals surface area contributed by atoms with Gasteiger partial charge in [-0.1, -0.05) is 31.1 Å². The zero-order valence-corrected chi connectivity index (χ0v) is 19.9. The fourth-order valence-corrected chi connectivity index (χ4v) is 6.61. The summed E-state index contributed by atoms with van der Waals surface area (Å²) in [5.74, 6) is -1.97. The third-order valence-corrected chi connectivity index (χ3v) is 8.58. The van der Waals surface area contributed by atoms with Gasteiger partial charge in [0.2, 0.25) is 10.0 Å². The molecule has 0 spiro atoms. The van der Waals surface area contributed by atoms with Gasteiger partial charge in [-0.25, -0.2) is 17.2 Å². The molecule has 1 aliphatic heterocycles. The molecule has 3 aromatic rings. The van der Waals surface area contributed by atoms with Gasteiger partial charge in [0.25, 0.3) is 5.91 Å². The summed E-state index contributed by atoms with van der Waals surface area (Å²) in [5.41, 5.74) is 0.436. The second-order valence-electron chi connectivity index (χ2n) is 8.03. The van der Waals surface area contributed by atoms with E-state index in [1.54, 1.807) is 4.57 Å². The summed E-state index contributed by atoms with van der Waals surface area (Å²) in [7, 11) is -3.61. The van der Waals surface area contributed by atoms with E-state index in [4.69, 9.17) is 0 Å². The van der Waals surface area contributed by atoms with Crippen LogP contribution in [0.4, 0.5) is 8.78 Å². The molecule has 4 rings (SSSR count). The predicted octanol–water partition coefficient (Wildman–Crippen LogP) is 4.70. The first-order valence-electron chi connectivity index (χ1n) is 11.0. The molecule has 0 saturated carbocycles. The number of hydrogen-bond acceptors (Lipinski definition) is 4. The first-order valence-corrected chi connectivity index (χ1v) is 13.2. The number of sulfonamides is 1. The van der Waals surface area contributed by atoms with Crippen LogP contribution in [0.3, 0.4) is 0 Å². The third-order valence-electron chi connectivity index (χ3n) is 5.64. The van der Waals surface area contributed by atoms with E-state index in [9.17, 15) is 22.0 Å². The Bertz CT molecular complexity index is 1340. The minimum atomic E-state index is -3.61. The summed E-state index contributed by atoms with van der Waals surface area (Å²) >= 11 is 1.04. The maximum absolute atomic E-state index is 14.4. The number of hydrogen-bond donors (Lipinski definition) is 0. The summed E-state index contributed by atoms with van der Waals surface area (Å²) < 4.78 is 57.4. The number of rotatable bonds is 5. The molecule has 33 heavy (non-hydrogen) atoms. The van der Waals surface area contributed by atoms with Crippen LogP contribution in [0, 0.1) is 11.6 Å². The quantitative estimate of drug-likeness (QED) is 0.517. The smallest absolute Gasteiger partial charge is 0.279 e. The van der Waals surface area contributed by atoms with Gasteiger partial charge in [-0.3, -0.25) is 4.79 Å². The van der Waals surface area contributed by atoms with Gasteiger partial charge in [-0.05, 0) is 49.6 Å². The lowest BCUT2D eigenvalue weighted by atomic mass is 10.2. The topological polar surface area (TPSA) is 71.7 Å². The van der Waals surface area contributed by atoms with Crippen molar-refractivity contribution in [3.63, 3.8) is 0 Å².